The van der Waals surface area contributed by atoms with Crippen molar-refractivity contribution < 1.29 is 9.90 Å². The summed E-state index contributed by atoms with van der Waals surface area (Å²) >= 11 is 10.5. The molecular weight excluding hydrogens is 288 g/mol. The van der Waals surface area contributed by atoms with E-state index in [9.17, 15) is 4.79 Å². The van der Waals surface area contributed by atoms with Crippen LogP contribution >= 0.6 is 23.8 Å². The molecule has 98 valence electrons. The van der Waals surface area contributed by atoms with E-state index in [0.29, 0.717) is 21.5 Å². The van der Waals surface area contributed by atoms with E-state index in [0.717, 1.165) is 0 Å². The summed E-state index contributed by atoms with van der Waals surface area (Å²) < 4.78 is 0. The number of hydrogen-bond acceptors (Lipinski definition) is 3. The monoisotopic (exact) mass is 296 g/mol. The standard InChI is InChI=1S/C11H9ClN4O2S/c12-5-1-2-8-6(3-5)7(4-14-16-11(13)19)9(15-8)10(17)18/h1-4,15H,(H,17,18)(H3,13,16,19)/b14-4-. The Morgan fingerprint density at radius 2 is 2.32 bits per heavy atom. The second-order valence-corrected chi connectivity index (χ2v) is 4.52. The Balaban J connectivity index is 2.57. The van der Waals surface area contributed by atoms with Gasteiger partial charge in [0.25, 0.3) is 0 Å². The van der Waals surface area contributed by atoms with Crippen molar-refractivity contribution in [2.45, 2.75) is 0 Å². The number of nitrogens with zero attached hydrogens (tertiary/aromatic N) is 1. The highest BCUT2D eigenvalue weighted by molar-refractivity contribution is 7.80. The fourth-order valence-corrected chi connectivity index (χ4v) is 1.87. The third-order valence-corrected chi connectivity index (χ3v) is 2.71. The minimum atomic E-state index is -1.09. The molecule has 1 heterocycles. The first kappa shape index (κ1) is 13.3. The average molecular weight is 297 g/mol. The van der Waals surface area contributed by atoms with Gasteiger partial charge in [0.05, 0.1) is 6.21 Å². The van der Waals surface area contributed by atoms with E-state index in [2.05, 4.69) is 27.7 Å². The molecule has 0 aliphatic carbocycles. The van der Waals surface area contributed by atoms with Crippen molar-refractivity contribution in [1.82, 2.24) is 10.4 Å². The van der Waals surface area contributed by atoms with Crippen molar-refractivity contribution in [2.24, 2.45) is 10.8 Å². The molecular formula is C11H9ClN4O2S. The number of hydrazone groups is 1. The van der Waals surface area contributed by atoms with E-state index in [1.54, 1.807) is 18.2 Å². The topological polar surface area (TPSA) is 104 Å². The van der Waals surface area contributed by atoms with E-state index < -0.39 is 5.97 Å². The van der Waals surface area contributed by atoms with Crippen LogP contribution in [-0.4, -0.2) is 27.4 Å². The van der Waals surface area contributed by atoms with Gasteiger partial charge in [-0.25, -0.2) is 4.79 Å². The van der Waals surface area contributed by atoms with Crippen LogP contribution in [0.25, 0.3) is 10.9 Å². The van der Waals surface area contributed by atoms with Crippen molar-refractivity contribution in [3.05, 3.63) is 34.5 Å². The summed E-state index contributed by atoms with van der Waals surface area (Å²) in [5.74, 6) is -1.09. The minimum Gasteiger partial charge on any atom is -0.477 e. The highest BCUT2D eigenvalue weighted by Gasteiger charge is 2.15. The lowest BCUT2D eigenvalue weighted by Crippen LogP contribution is -2.24. The molecule has 0 amide bonds. The Hall–Kier alpha value is -2.12. The quantitative estimate of drug-likeness (QED) is 0.392. The number of carboxylic acids is 1. The molecule has 0 fully saturated rings. The Morgan fingerprint density at radius 1 is 1.58 bits per heavy atom. The van der Waals surface area contributed by atoms with Gasteiger partial charge in [-0.15, -0.1) is 0 Å². The van der Waals surface area contributed by atoms with Gasteiger partial charge in [0, 0.05) is 21.5 Å². The molecule has 0 aliphatic rings. The zero-order valence-corrected chi connectivity index (χ0v) is 11.0. The molecule has 2 rings (SSSR count). The van der Waals surface area contributed by atoms with Crippen molar-refractivity contribution in [2.75, 3.05) is 0 Å². The zero-order chi connectivity index (χ0) is 14.0. The van der Waals surface area contributed by atoms with Gasteiger partial charge in [0.1, 0.15) is 5.69 Å². The Bertz CT molecular complexity index is 695. The first-order valence-electron chi connectivity index (χ1n) is 5.12. The largest absolute Gasteiger partial charge is 0.477 e. The predicted molar refractivity (Wildman–Crippen MR) is 77.8 cm³/mol. The van der Waals surface area contributed by atoms with Crippen molar-refractivity contribution in [3.8, 4) is 0 Å². The van der Waals surface area contributed by atoms with Crippen molar-refractivity contribution >= 4 is 52.0 Å². The number of aromatic carboxylic acids is 1. The molecule has 0 saturated heterocycles. The Labute approximate surface area is 118 Å². The van der Waals surface area contributed by atoms with Crippen LogP contribution in [0.1, 0.15) is 16.1 Å². The van der Waals surface area contributed by atoms with Gasteiger partial charge in [-0.2, -0.15) is 5.10 Å². The lowest BCUT2D eigenvalue weighted by atomic mass is 10.1. The molecule has 19 heavy (non-hydrogen) atoms. The number of hydrogen-bond donors (Lipinski definition) is 4. The summed E-state index contributed by atoms with van der Waals surface area (Å²) in [6.07, 6.45) is 1.33. The lowest BCUT2D eigenvalue weighted by molar-refractivity contribution is 0.0691. The molecule has 5 N–H and O–H groups in total. The lowest BCUT2D eigenvalue weighted by Gasteiger charge is -1.96. The number of nitrogens with two attached hydrogens (primary N) is 1. The maximum atomic E-state index is 11.2. The average Bonchev–Trinajstić information content (AvgIpc) is 2.67. The number of H-pyrrole nitrogens is 1. The predicted octanol–water partition coefficient (Wildman–Crippen LogP) is 1.69. The molecule has 0 unspecified atom stereocenters. The molecule has 0 atom stereocenters. The van der Waals surface area contributed by atoms with Crippen LogP contribution in [0.5, 0.6) is 0 Å². The number of rotatable bonds is 3. The van der Waals surface area contributed by atoms with Gasteiger partial charge < -0.3 is 15.8 Å². The number of nitrogens with one attached hydrogen (secondary N) is 2. The maximum absolute atomic E-state index is 11.2. The number of thiocarbonyl (C=S) groups is 1. The molecule has 2 aromatic rings. The first-order valence-corrected chi connectivity index (χ1v) is 5.90. The number of aromatic nitrogens is 1. The van der Waals surface area contributed by atoms with Crippen LogP contribution in [0.4, 0.5) is 0 Å². The number of halogens is 1. The van der Waals surface area contributed by atoms with E-state index in [1.807, 2.05) is 0 Å². The van der Waals surface area contributed by atoms with E-state index in [4.69, 9.17) is 22.4 Å². The number of fused-ring (bicyclic) bond motifs is 1. The molecule has 0 spiro atoms. The molecule has 1 aromatic carbocycles. The third kappa shape index (κ3) is 2.83. The summed E-state index contributed by atoms with van der Waals surface area (Å²) in [4.78, 5) is 14.0. The van der Waals surface area contributed by atoms with Crippen LogP contribution in [-0.2, 0) is 0 Å². The van der Waals surface area contributed by atoms with Gasteiger partial charge in [0.15, 0.2) is 5.11 Å². The second kappa shape index (κ2) is 5.25. The van der Waals surface area contributed by atoms with E-state index in [-0.39, 0.29) is 10.8 Å². The second-order valence-electron chi connectivity index (χ2n) is 3.64. The normalized spacial score (nSPS) is 11.0. The molecule has 0 radical (unpaired) electrons. The van der Waals surface area contributed by atoms with Crippen LogP contribution in [0.15, 0.2) is 23.3 Å². The van der Waals surface area contributed by atoms with Crippen LogP contribution in [0, 0.1) is 0 Å². The van der Waals surface area contributed by atoms with Crippen LogP contribution in [0.2, 0.25) is 5.02 Å². The van der Waals surface area contributed by atoms with Crippen molar-refractivity contribution in [3.63, 3.8) is 0 Å². The summed E-state index contributed by atoms with van der Waals surface area (Å²) in [6.45, 7) is 0. The maximum Gasteiger partial charge on any atom is 0.353 e. The Morgan fingerprint density at radius 3 is 2.95 bits per heavy atom. The molecule has 8 heteroatoms. The first-order chi connectivity index (χ1) is 8.99. The number of carbonyl (C=O) groups is 1. The summed E-state index contributed by atoms with van der Waals surface area (Å²) in [7, 11) is 0. The van der Waals surface area contributed by atoms with Gasteiger partial charge in [-0.05, 0) is 30.4 Å². The molecule has 0 bridgehead atoms. The summed E-state index contributed by atoms with van der Waals surface area (Å²) in [5, 5.41) is 14.1. The number of benzene rings is 1. The molecule has 0 aliphatic heterocycles. The summed E-state index contributed by atoms with van der Waals surface area (Å²) in [6, 6.07) is 5.02. The minimum absolute atomic E-state index is 0.00833. The van der Waals surface area contributed by atoms with Crippen LogP contribution in [0.3, 0.4) is 0 Å². The Kier molecular flexibility index (Phi) is 3.68. The van der Waals surface area contributed by atoms with E-state index >= 15 is 0 Å². The fraction of sp³-hybridized carbons (Fsp3) is 0. The van der Waals surface area contributed by atoms with E-state index in [1.165, 1.54) is 6.21 Å². The summed E-state index contributed by atoms with van der Waals surface area (Å²) in [5.41, 5.74) is 8.66. The number of aromatic amines is 1. The number of carboxylic acid groups (broad SMARTS) is 1. The zero-order valence-electron chi connectivity index (χ0n) is 9.48. The third-order valence-electron chi connectivity index (χ3n) is 2.38. The van der Waals surface area contributed by atoms with Gasteiger partial charge in [-0.1, -0.05) is 11.6 Å². The molecule has 0 saturated carbocycles. The van der Waals surface area contributed by atoms with Gasteiger partial charge in [0.2, 0.25) is 0 Å². The molecule has 6 nitrogen and oxygen atoms in total. The SMILES string of the molecule is NC(=S)N/N=C\c1c(C(=O)O)[nH]c2ccc(Cl)cc12. The highest BCUT2D eigenvalue weighted by atomic mass is 35.5. The van der Waals surface area contributed by atoms with Gasteiger partial charge in [-0.3, -0.25) is 5.43 Å². The van der Waals surface area contributed by atoms with Crippen molar-refractivity contribution in [1.29, 1.82) is 0 Å². The fourth-order valence-electron chi connectivity index (χ4n) is 1.65. The van der Waals surface area contributed by atoms with Gasteiger partial charge >= 0.3 is 5.97 Å². The van der Waals surface area contributed by atoms with Crippen LogP contribution < -0.4 is 11.2 Å². The smallest absolute Gasteiger partial charge is 0.353 e. The molecule has 1 aromatic heterocycles. The highest BCUT2D eigenvalue weighted by Crippen LogP contribution is 2.24.